The number of nitrogens with two attached hydrogens (primary N) is 1. The summed E-state index contributed by atoms with van der Waals surface area (Å²) in [6, 6.07) is 0. The van der Waals surface area contributed by atoms with Gasteiger partial charge in [0.25, 0.3) is 0 Å². The Hall–Kier alpha value is -0.380. The molecule has 0 bridgehead atoms. The summed E-state index contributed by atoms with van der Waals surface area (Å²) in [4.78, 5) is 0. The molecule has 0 aromatic heterocycles. The molecular formula is C14H29NO2. The lowest BCUT2D eigenvalue weighted by molar-refractivity contribution is -0.119. The standard InChI is InChI=1S/C14H29NO2/c1-12(2)10-13(3,4)17-11-14(5,6)16-9-7-8-15/h1,7-11,15H2,2-6H3. The zero-order chi connectivity index (χ0) is 13.5. The summed E-state index contributed by atoms with van der Waals surface area (Å²) in [7, 11) is 0. The van der Waals surface area contributed by atoms with Crippen molar-refractivity contribution in [2.24, 2.45) is 5.73 Å². The molecule has 0 atom stereocenters. The van der Waals surface area contributed by atoms with Gasteiger partial charge in [0.15, 0.2) is 0 Å². The second-order valence-corrected chi connectivity index (χ2v) is 5.93. The zero-order valence-electron chi connectivity index (χ0n) is 12.1. The van der Waals surface area contributed by atoms with Crippen LogP contribution in [0.25, 0.3) is 0 Å². The van der Waals surface area contributed by atoms with Crippen molar-refractivity contribution in [3.63, 3.8) is 0 Å². The van der Waals surface area contributed by atoms with Gasteiger partial charge in [-0.15, -0.1) is 6.58 Å². The van der Waals surface area contributed by atoms with Gasteiger partial charge in [-0.2, -0.15) is 0 Å². The highest BCUT2D eigenvalue weighted by Gasteiger charge is 2.25. The summed E-state index contributed by atoms with van der Waals surface area (Å²) in [5.41, 5.74) is 6.13. The molecule has 0 aliphatic heterocycles. The van der Waals surface area contributed by atoms with E-state index in [9.17, 15) is 0 Å². The van der Waals surface area contributed by atoms with Gasteiger partial charge in [-0.05, 0) is 54.0 Å². The van der Waals surface area contributed by atoms with E-state index < -0.39 is 0 Å². The van der Waals surface area contributed by atoms with Gasteiger partial charge in [-0.3, -0.25) is 0 Å². The molecule has 0 saturated carbocycles. The summed E-state index contributed by atoms with van der Waals surface area (Å²) in [5, 5.41) is 0. The van der Waals surface area contributed by atoms with E-state index in [2.05, 4.69) is 20.4 Å². The van der Waals surface area contributed by atoms with Crippen LogP contribution in [-0.4, -0.2) is 31.0 Å². The molecule has 0 radical (unpaired) electrons. The van der Waals surface area contributed by atoms with Gasteiger partial charge < -0.3 is 15.2 Å². The highest BCUT2D eigenvalue weighted by molar-refractivity contribution is 4.95. The molecule has 0 spiro atoms. The van der Waals surface area contributed by atoms with Crippen LogP contribution in [0.1, 0.15) is 47.5 Å². The predicted octanol–water partition coefficient (Wildman–Crippen LogP) is 2.89. The molecule has 3 nitrogen and oxygen atoms in total. The van der Waals surface area contributed by atoms with Crippen LogP contribution in [0.15, 0.2) is 12.2 Å². The summed E-state index contributed by atoms with van der Waals surface area (Å²) >= 11 is 0. The number of hydrogen-bond donors (Lipinski definition) is 1. The minimum Gasteiger partial charge on any atom is -0.373 e. The smallest absolute Gasteiger partial charge is 0.0859 e. The first-order valence-electron chi connectivity index (χ1n) is 6.31. The van der Waals surface area contributed by atoms with Crippen molar-refractivity contribution in [1.82, 2.24) is 0 Å². The van der Waals surface area contributed by atoms with Gasteiger partial charge >= 0.3 is 0 Å². The number of rotatable bonds is 9. The highest BCUT2D eigenvalue weighted by atomic mass is 16.6. The van der Waals surface area contributed by atoms with Crippen molar-refractivity contribution in [1.29, 1.82) is 0 Å². The van der Waals surface area contributed by atoms with Gasteiger partial charge in [-0.25, -0.2) is 0 Å². The van der Waals surface area contributed by atoms with E-state index >= 15 is 0 Å². The fraction of sp³-hybridized carbons (Fsp3) is 0.857. The summed E-state index contributed by atoms with van der Waals surface area (Å²) in [5.74, 6) is 0. The van der Waals surface area contributed by atoms with Crippen molar-refractivity contribution < 1.29 is 9.47 Å². The third kappa shape index (κ3) is 9.33. The molecule has 0 amide bonds. The molecule has 0 aromatic carbocycles. The molecule has 17 heavy (non-hydrogen) atoms. The fourth-order valence-corrected chi connectivity index (χ4v) is 1.62. The number of hydrogen-bond acceptors (Lipinski definition) is 3. The maximum Gasteiger partial charge on any atom is 0.0859 e. The second kappa shape index (κ2) is 7.14. The first kappa shape index (κ1) is 16.6. The summed E-state index contributed by atoms with van der Waals surface area (Å²) in [6.07, 6.45) is 1.75. The van der Waals surface area contributed by atoms with E-state index in [1.165, 1.54) is 0 Å². The van der Waals surface area contributed by atoms with Crippen LogP contribution in [0.3, 0.4) is 0 Å². The number of ether oxygens (including phenoxy) is 2. The monoisotopic (exact) mass is 243 g/mol. The van der Waals surface area contributed by atoms with Crippen LogP contribution in [0.4, 0.5) is 0 Å². The lowest BCUT2D eigenvalue weighted by atomic mass is 10.00. The lowest BCUT2D eigenvalue weighted by Gasteiger charge is -2.32. The van der Waals surface area contributed by atoms with Gasteiger partial charge in [0.1, 0.15) is 0 Å². The maximum absolute atomic E-state index is 5.92. The van der Waals surface area contributed by atoms with Crippen LogP contribution in [0.5, 0.6) is 0 Å². The van der Waals surface area contributed by atoms with Crippen LogP contribution in [0, 0.1) is 0 Å². The van der Waals surface area contributed by atoms with Crippen molar-refractivity contribution in [3.8, 4) is 0 Å². The first-order valence-corrected chi connectivity index (χ1v) is 6.31. The highest BCUT2D eigenvalue weighted by Crippen LogP contribution is 2.22. The SMILES string of the molecule is C=C(C)CC(C)(C)OCC(C)(C)OCCCN. The fourth-order valence-electron chi connectivity index (χ4n) is 1.62. The Morgan fingerprint density at radius 1 is 1.12 bits per heavy atom. The van der Waals surface area contributed by atoms with Gasteiger partial charge in [0.05, 0.1) is 17.8 Å². The minimum absolute atomic E-state index is 0.180. The zero-order valence-corrected chi connectivity index (χ0v) is 12.1. The Morgan fingerprint density at radius 3 is 2.18 bits per heavy atom. The molecule has 0 aliphatic rings. The first-order chi connectivity index (χ1) is 7.68. The predicted molar refractivity (Wildman–Crippen MR) is 73.2 cm³/mol. The quantitative estimate of drug-likeness (QED) is 0.500. The lowest BCUT2D eigenvalue weighted by Crippen LogP contribution is -2.37. The Morgan fingerprint density at radius 2 is 1.71 bits per heavy atom. The molecule has 102 valence electrons. The summed E-state index contributed by atoms with van der Waals surface area (Å²) < 4.78 is 11.7. The largest absolute Gasteiger partial charge is 0.373 e. The third-order valence-corrected chi connectivity index (χ3v) is 2.38. The Balaban J connectivity index is 4.02. The molecule has 0 aliphatic carbocycles. The molecule has 3 heteroatoms. The van der Waals surface area contributed by atoms with Crippen molar-refractivity contribution in [2.75, 3.05) is 19.8 Å². The molecular weight excluding hydrogens is 214 g/mol. The second-order valence-electron chi connectivity index (χ2n) is 5.93. The average molecular weight is 243 g/mol. The van der Waals surface area contributed by atoms with Crippen LogP contribution < -0.4 is 5.73 Å². The van der Waals surface area contributed by atoms with Crippen molar-refractivity contribution >= 4 is 0 Å². The van der Waals surface area contributed by atoms with E-state index in [-0.39, 0.29) is 11.2 Å². The summed E-state index contributed by atoms with van der Waals surface area (Å²) in [6.45, 7) is 16.1. The average Bonchev–Trinajstić information content (AvgIpc) is 2.14. The van der Waals surface area contributed by atoms with Gasteiger partial charge in [0, 0.05) is 6.61 Å². The molecule has 0 saturated heterocycles. The minimum atomic E-state index is -0.262. The molecule has 0 unspecified atom stereocenters. The van der Waals surface area contributed by atoms with E-state index in [0.717, 1.165) is 18.4 Å². The van der Waals surface area contributed by atoms with Crippen molar-refractivity contribution in [3.05, 3.63) is 12.2 Å². The van der Waals surface area contributed by atoms with Crippen LogP contribution in [-0.2, 0) is 9.47 Å². The maximum atomic E-state index is 5.92. The Bertz CT molecular complexity index is 234. The van der Waals surface area contributed by atoms with Crippen molar-refractivity contribution in [2.45, 2.75) is 58.7 Å². The van der Waals surface area contributed by atoms with Gasteiger partial charge in [0.2, 0.25) is 0 Å². The Kier molecular flexibility index (Phi) is 6.98. The molecule has 0 rings (SSSR count). The topological polar surface area (TPSA) is 44.5 Å². The molecule has 0 fully saturated rings. The molecule has 0 aromatic rings. The van der Waals surface area contributed by atoms with Crippen LogP contribution in [0.2, 0.25) is 0 Å². The van der Waals surface area contributed by atoms with Gasteiger partial charge in [-0.1, -0.05) is 5.57 Å². The van der Waals surface area contributed by atoms with E-state index in [4.69, 9.17) is 15.2 Å². The van der Waals surface area contributed by atoms with E-state index in [1.807, 2.05) is 20.8 Å². The molecule has 0 heterocycles. The van der Waals surface area contributed by atoms with E-state index in [0.29, 0.717) is 19.8 Å². The normalized spacial score (nSPS) is 12.8. The van der Waals surface area contributed by atoms with Crippen LogP contribution >= 0.6 is 0 Å². The molecule has 2 N–H and O–H groups in total. The van der Waals surface area contributed by atoms with E-state index in [1.54, 1.807) is 0 Å². The Labute approximate surface area is 106 Å². The third-order valence-electron chi connectivity index (χ3n) is 2.38.